The van der Waals surface area contributed by atoms with Crippen molar-refractivity contribution in [1.82, 2.24) is 15.1 Å². The Hall–Kier alpha value is -2.77. The summed E-state index contributed by atoms with van der Waals surface area (Å²) >= 11 is 0. The van der Waals surface area contributed by atoms with Crippen molar-refractivity contribution in [1.29, 1.82) is 0 Å². The highest BCUT2D eigenvalue weighted by atomic mass is 16.5. The topological polar surface area (TPSA) is 88.2 Å². The van der Waals surface area contributed by atoms with Gasteiger partial charge in [0.05, 0.1) is 13.7 Å². The first-order chi connectivity index (χ1) is 14.9. The quantitative estimate of drug-likeness (QED) is 0.639. The summed E-state index contributed by atoms with van der Waals surface area (Å²) in [5.74, 6) is 0.736. The van der Waals surface area contributed by atoms with Crippen LogP contribution in [0.5, 0.6) is 11.5 Å². The molecule has 1 aliphatic carbocycles. The van der Waals surface area contributed by atoms with Crippen LogP contribution in [0, 0.1) is 0 Å². The zero-order valence-electron chi connectivity index (χ0n) is 18.7. The molecule has 1 heterocycles. The molecule has 8 nitrogen and oxygen atoms in total. The molecule has 31 heavy (non-hydrogen) atoms. The molecule has 1 aromatic rings. The maximum Gasteiger partial charge on any atom is 0.325 e. The van der Waals surface area contributed by atoms with E-state index in [2.05, 4.69) is 5.32 Å². The van der Waals surface area contributed by atoms with E-state index in [1.807, 2.05) is 32.0 Å². The molecule has 1 N–H and O–H groups in total. The predicted molar refractivity (Wildman–Crippen MR) is 116 cm³/mol. The first-order valence-electron chi connectivity index (χ1n) is 11.2. The van der Waals surface area contributed by atoms with Crippen molar-refractivity contribution < 1.29 is 23.9 Å². The van der Waals surface area contributed by atoms with Crippen molar-refractivity contribution in [3.05, 3.63) is 23.8 Å². The van der Waals surface area contributed by atoms with E-state index >= 15 is 0 Å². The lowest BCUT2D eigenvalue weighted by Gasteiger charge is -2.26. The van der Waals surface area contributed by atoms with Crippen molar-refractivity contribution in [2.75, 3.05) is 26.8 Å². The minimum atomic E-state index is -0.826. The third kappa shape index (κ3) is 4.94. The van der Waals surface area contributed by atoms with Gasteiger partial charge in [0.2, 0.25) is 5.91 Å². The van der Waals surface area contributed by atoms with E-state index < -0.39 is 11.6 Å². The van der Waals surface area contributed by atoms with Crippen LogP contribution >= 0.6 is 0 Å². The Morgan fingerprint density at radius 2 is 1.84 bits per heavy atom. The number of carbonyl (C=O) groups excluding carboxylic acids is 3. The lowest BCUT2D eigenvalue weighted by Crippen LogP contribution is -2.47. The SMILES string of the molecule is CCOc1ccc(CN(CC)C(=O)CN2C(=O)NC3(CCCCCC3)C2=O)cc1OC. The molecule has 0 unspecified atom stereocenters. The van der Waals surface area contributed by atoms with Gasteiger partial charge in [0, 0.05) is 13.1 Å². The Kier molecular flexibility index (Phi) is 7.41. The predicted octanol–water partition coefficient (Wildman–Crippen LogP) is 3.09. The molecule has 0 atom stereocenters. The fourth-order valence-electron chi connectivity index (χ4n) is 4.41. The molecule has 3 rings (SSSR count). The van der Waals surface area contributed by atoms with E-state index in [0.717, 1.165) is 36.1 Å². The zero-order chi connectivity index (χ0) is 22.4. The lowest BCUT2D eigenvalue weighted by atomic mass is 9.90. The first kappa shape index (κ1) is 22.9. The summed E-state index contributed by atoms with van der Waals surface area (Å²) in [6.07, 6.45) is 5.25. The van der Waals surface area contributed by atoms with Crippen LogP contribution in [0.2, 0.25) is 0 Å². The van der Waals surface area contributed by atoms with E-state index in [1.165, 1.54) is 0 Å². The number of amides is 4. The largest absolute Gasteiger partial charge is 0.493 e. The summed E-state index contributed by atoms with van der Waals surface area (Å²) in [4.78, 5) is 41.3. The number of benzene rings is 1. The Labute approximate surface area is 183 Å². The molecule has 8 heteroatoms. The van der Waals surface area contributed by atoms with Crippen molar-refractivity contribution in [3.63, 3.8) is 0 Å². The molecule has 1 aromatic carbocycles. The smallest absolute Gasteiger partial charge is 0.325 e. The summed E-state index contributed by atoms with van der Waals surface area (Å²) in [6, 6.07) is 5.09. The molecule has 2 fully saturated rings. The maximum absolute atomic E-state index is 13.1. The van der Waals surface area contributed by atoms with Crippen LogP contribution in [0.15, 0.2) is 18.2 Å². The van der Waals surface area contributed by atoms with Gasteiger partial charge in [-0.2, -0.15) is 0 Å². The number of ether oxygens (including phenoxy) is 2. The number of urea groups is 1. The minimum Gasteiger partial charge on any atom is -0.493 e. The van der Waals surface area contributed by atoms with Crippen molar-refractivity contribution in [3.8, 4) is 11.5 Å². The van der Waals surface area contributed by atoms with E-state index in [0.29, 0.717) is 44.0 Å². The highest BCUT2D eigenvalue weighted by Crippen LogP contribution is 2.33. The summed E-state index contributed by atoms with van der Waals surface area (Å²) < 4.78 is 10.9. The van der Waals surface area contributed by atoms with Gasteiger partial charge in [-0.05, 0) is 44.4 Å². The molecule has 0 aromatic heterocycles. The molecule has 0 radical (unpaired) electrons. The lowest BCUT2D eigenvalue weighted by molar-refractivity contribution is -0.139. The Morgan fingerprint density at radius 3 is 2.45 bits per heavy atom. The average molecular weight is 432 g/mol. The van der Waals surface area contributed by atoms with E-state index in [4.69, 9.17) is 9.47 Å². The van der Waals surface area contributed by atoms with Crippen LogP contribution in [0.1, 0.15) is 57.9 Å². The number of nitrogens with zero attached hydrogens (tertiary/aromatic N) is 2. The highest BCUT2D eigenvalue weighted by Gasteiger charge is 2.51. The molecule has 1 saturated heterocycles. The zero-order valence-corrected chi connectivity index (χ0v) is 18.7. The molecular formula is C23H33N3O5. The van der Waals surface area contributed by atoms with E-state index in [-0.39, 0.29) is 18.4 Å². The molecule has 4 amide bonds. The van der Waals surface area contributed by atoms with Crippen molar-refractivity contribution in [2.45, 2.75) is 64.5 Å². The average Bonchev–Trinajstić information content (AvgIpc) is 2.93. The van der Waals surface area contributed by atoms with Crippen LogP contribution in [-0.4, -0.2) is 60.0 Å². The molecule has 170 valence electrons. The van der Waals surface area contributed by atoms with Gasteiger partial charge in [0.25, 0.3) is 5.91 Å². The third-order valence-electron chi connectivity index (χ3n) is 6.13. The number of rotatable bonds is 8. The van der Waals surface area contributed by atoms with Gasteiger partial charge in [-0.3, -0.25) is 14.5 Å². The van der Waals surface area contributed by atoms with Crippen LogP contribution in [0.3, 0.4) is 0 Å². The van der Waals surface area contributed by atoms with Gasteiger partial charge in [-0.1, -0.05) is 31.7 Å². The molecule has 1 saturated carbocycles. The maximum atomic E-state index is 13.1. The Morgan fingerprint density at radius 1 is 1.13 bits per heavy atom. The first-order valence-corrected chi connectivity index (χ1v) is 11.2. The number of nitrogens with one attached hydrogen (secondary N) is 1. The van der Waals surface area contributed by atoms with E-state index in [1.54, 1.807) is 12.0 Å². The van der Waals surface area contributed by atoms with Gasteiger partial charge in [-0.25, -0.2) is 4.79 Å². The van der Waals surface area contributed by atoms with Gasteiger partial charge in [-0.15, -0.1) is 0 Å². The summed E-state index contributed by atoms with van der Waals surface area (Å²) in [5.41, 5.74) is 0.0563. The van der Waals surface area contributed by atoms with Crippen LogP contribution in [-0.2, 0) is 16.1 Å². The van der Waals surface area contributed by atoms with E-state index in [9.17, 15) is 14.4 Å². The monoisotopic (exact) mass is 431 g/mol. The highest BCUT2D eigenvalue weighted by molar-refractivity contribution is 6.09. The molecule has 1 aliphatic heterocycles. The fourth-order valence-corrected chi connectivity index (χ4v) is 4.41. The number of hydrogen-bond donors (Lipinski definition) is 1. The normalized spacial score (nSPS) is 18.0. The Balaban J connectivity index is 1.68. The van der Waals surface area contributed by atoms with Crippen LogP contribution in [0.4, 0.5) is 4.79 Å². The Bertz CT molecular complexity index is 817. The standard InChI is InChI=1S/C23H33N3O5/c1-4-25(15-17-10-11-18(31-5-2)19(14-17)30-3)20(27)16-26-21(28)23(24-22(26)29)12-8-6-7-9-13-23/h10-11,14H,4-9,12-13,15-16H2,1-3H3,(H,24,29). The molecule has 0 bridgehead atoms. The van der Waals surface area contributed by atoms with Gasteiger partial charge in [0.1, 0.15) is 12.1 Å². The molecule has 1 spiro atoms. The summed E-state index contributed by atoms with van der Waals surface area (Å²) in [6.45, 7) is 4.88. The summed E-state index contributed by atoms with van der Waals surface area (Å²) in [7, 11) is 1.57. The second kappa shape index (κ2) is 10.0. The van der Waals surface area contributed by atoms with Crippen LogP contribution < -0.4 is 14.8 Å². The number of likely N-dealkylation sites (N-methyl/N-ethyl adjacent to an activating group) is 1. The van der Waals surface area contributed by atoms with Crippen molar-refractivity contribution in [2.24, 2.45) is 0 Å². The van der Waals surface area contributed by atoms with Crippen molar-refractivity contribution >= 4 is 17.8 Å². The van der Waals surface area contributed by atoms with Gasteiger partial charge >= 0.3 is 6.03 Å². The van der Waals surface area contributed by atoms with Crippen LogP contribution in [0.25, 0.3) is 0 Å². The molecule has 2 aliphatic rings. The number of imide groups is 1. The minimum absolute atomic E-state index is 0.242. The summed E-state index contributed by atoms with van der Waals surface area (Å²) in [5, 5.41) is 2.89. The molecular weight excluding hydrogens is 398 g/mol. The number of methoxy groups -OCH3 is 1. The number of carbonyl (C=O) groups is 3. The fraction of sp³-hybridized carbons (Fsp3) is 0.609. The second-order valence-corrected chi connectivity index (χ2v) is 8.14. The van der Waals surface area contributed by atoms with Gasteiger partial charge < -0.3 is 19.7 Å². The number of hydrogen-bond acceptors (Lipinski definition) is 5. The van der Waals surface area contributed by atoms with Gasteiger partial charge in [0.15, 0.2) is 11.5 Å². The third-order valence-corrected chi connectivity index (χ3v) is 6.13. The second-order valence-electron chi connectivity index (χ2n) is 8.14.